The summed E-state index contributed by atoms with van der Waals surface area (Å²) in [6.45, 7) is 0. The van der Waals surface area contributed by atoms with E-state index in [9.17, 15) is 13.2 Å². The van der Waals surface area contributed by atoms with Crippen LogP contribution in [-0.2, 0) is 20.0 Å². The van der Waals surface area contributed by atoms with Gasteiger partial charge in [-0.3, -0.25) is 9.78 Å². The first-order valence-electron chi connectivity index (χ1n) is 10.2. The average molecular weight is 456 g/mol. The maximum absolute atomic E-state index is 12.7. The monoisotopic (exact) mass is 455 g/mol. The molecular weight excluding hydrogens is 434 g/mol. The Morgan fingerprint density at radius 3 is 2.55 bits per heavy atom. The normalized spacial score (nSPS) is 27.8. The lowest BCUT2D eigenvalue weighted by molar-refractivity contribution is -0.0812. The molecule has 0 saturated heterocycles. The first-order chi connectivity index (χ1) is 14.7. The largest absolute Gasteiger partial charge is 0.454 e. The number of hydrogen-bond donors (Lipinski definition) is 1. The van der Waals surface area contributed by atoms with Crippen LogP contribution in [-0.4, -0.2) is 36.1 Å². The minimum atomic E-state index is -3.27. The van der Waals surface area contributed by atoms with E-state index in [0.717, 1.165) is 35.7 Å². The number of amides is 1. The number of carbonyl (C=O) groups excluding carboxylic acids is 1. The second kappa shape index (κ2) is 6.04. The number of carbonyl (C=O) groups is 1. The van der Waals surface area contributed by atoms with Gasteiger partial charge in [0, 0.05) is 28.8 Å². The standard InChI is InChI=1S/C22H21N3O4S2/c1-31(27,28)22(7-8-22)17-6-5-16(29-17)18(26)25-21-11-20(12-21,13-21)19-24-15(10-30-19)14-4-2-3-9-23-14/h2-6,9-10H,7-8,11-13H2,1H3,(H,25,26). The van der Waals surface area contributed by atoms with Crippen LogP contribution in [0.5, 0.6) is 0 Å². The summed E-state index contributed by atoms with van der Waals surface area (Å²) in [5, 5.41) is 6.26. The molecule has 0 atom stereocenters. The zero-order chi connectivity index (χ0) is 21.5. The minimum absolute atomic E-state index is 0.0493. The molecule has 1 amide bonds. The van der Waals surface area contributed by atoms with Crippen molar-refractivity contribution in [1.29, 1.82) is 0 Å². The van der Waals surface area contributed by atoms with E-state index in [1.54, 1.807) is 29.7 Å². The van der Waals surface area contributed by atoms with Gasteiger partial charge in [-0.25, -0.2) is 13.4 Å². The zero-order valence-corrected chi connectivity index (χ0v) is 18.6. The van der Waals surface area contributed by atoms with Crippen LogP contribution in [0, 0.1) is 0 Å². The Kier molecular flexibility index (Phi) is 3.74. The van der Waals surface area contributed by atoms with Crippen molar-refractivity contribution in [3.8, 4) is 11.4 Å². The minimum Gasteiger partial charge on any atom is -0.454 e. The fourth-order valence-electron chi connectivity index (χ4n) is 5.22. The van der Waals surface area contributed by atoms with Gasteiger partial charge in [0.05, 0.1) is 16.4 Å². The molecule has 4 aliphatic carbocycles. The highest BCUT2D eigenvalue weighted by atomic mass is 32.2. The summed E-state index contributed by atoms with van der Waals surface area (Å²) in [6, 6.07) is 9.00. The number of sulfone groups is 1. The van der Waals surface area contributed by atoms with Crippen molar-refractivity contribution in [3.05, 3.63) is 58.4 Å². The Labute approximate surface area is 183 Å². The zero-order valence-electron chi connectivity index (χ0n) is 16.9. The van der Waals surface area contributed by atoms with Gasteiger partial charge in [0.1, 0.15) is 10.5 Å². The average Bonchev–Trinajstić information content (AvgIpc) is 3.13. The fraction of sp³-hybridized carbons (Fsp3) is 0.409. The van der Waals surface area contributed by atoms with Crippen LogP contribution in [0.1, 0.15) is 53.4 Å². The lowest BCUT2D eigenvalue weighted by atomic mass is 9.39. The van der Waals surface area contributed by atoms with Crippen LogP contribution in [0.3, 0.4) is 0 Å². The molecule has 160 valence electrons. The van der Waals surface area contributed by atoms with Crippen molar-refractivity contribution in [2.75, 3.05) is 6.26 Å². The summed E-state index contributed by atoms with van der Waals surface area (Å²) in [4.78, 5) is 21.9. The first-order valence-corrected chi connectivity index (χ1v) is 13.0. The Hall–Kier alpha value is -2.52. The number of furan rings is 1. The predicted molar refractivity (Wildman–Crippen MR) is 116 cm³/mol. The van der Waals surface area contributed by atoms with Gasteiger partial charge in [0.15, 0.2) is 15.6 Å². The second-order valence-electron chi connectivity index (χ2n) is 9.23. The number of nitrogens with zero attached hydrogens (tertiary/aromatic N) is 2. The Morgan fingerprint density at radius 2 is 1.90 bits per heavy atom. The number of pyridine rings is 1. The Balaban J connectivity index is 1.13. The van der Waals surface area contributed by atoms with E-state index in [2.05, 4.69) is 10.3 Å². The lowest BCUT2D eigenvalue weighted by Gasteiger charge is -2.69. The van der Waals surface area contributed by atoms with E-state index in [0.29, 0.717) is 18.6 Å². The maximum Gasteiger partial charge on any atom is 0.287 e. The quantitative estimate of drug-likeness (QED) is 0.611. The maximum atomic E-state index is 12.7. The summed E-state index contributed by atoms with van der Waals surface area (Å²) in [5.41, 5.74) is 1.60. The molecule has 7 nitrogen and oxygen atoms in total. The van der Waals surface area contributed by atoms with Gasteiger partial charge in [-0.05, 0) is 56.4 Å². The Morgan fingerprint density at radius 1 is 1.13 bits per heavy atom. The van der Waals surface area contributed by atoms with Crippen LogP contribution in [0.2, 0.25) is 0 Å². The molecule has 3 heterocycles. The molecule has 0 unspecified atom stereocenters. The molecule has 1 N–H and O–H groups in total. The highest BCUT2D eigenvalue weighted by Crippen LogP contribution is 2.68. The molecule has 0 aromatic carbocycles. The summed E-state index contributed by atoms with van der Waals surface area (Å²) in [7, 11) is -3.27. The van der Waals surface area contributed by atoms with E-state index < -0.39 is 14.6 Å². The third kappa shape index (κ3) is 2.75. The number of rotatable bonds is 6. The van der Waals surface area contributed by atoms with Crippen molar-refractivity contribution in [2.24, 2.45) is 0 Å². The van der Waals surface area contributed by atoms with Crippen molar-refractivity contribution in [3.63, 3.8) is 0 Å². The number of aromatic nitrogens is 2. The van der Waals surface area contributed by atoms with E-state index in [1.807, 2.05) is 23.6 Å². The third-order valence-electron chi connectivity index (χ3n) is 6.99. The number of hydrogen-bond acceptors (Lipinski definition) is 7. The fourth-order valence-corrected chi connectivity index (χ4v) is 7.55. The molecule has 4 aliphatic rings. The van der Waals surface area contributed by atoms with Crippen molar-refractivity contribution in [2.45, 2.75) is 47.8 Å². The highest BCUT2D eigenvalue weighted by molar-refractivity contribution is 7.91. The molecule has 0 aliphatic heterocycles. The molecule has 2 bridgehead atoms. The van der Waals surface area contributed by atoms with Crippen LogP contribution in [0.4, 0.5) is 0 Å². The van der Waals surface area contributed by atoms with Crippen LogP contribution >= 0.6 is 11.3 Å². The molecule has 7 rings (SSSR count). The van der Waals surface area contributed by atoms with E-state index >= 15 is 0 Å². The van der Waals surface area contributed by atoms with Gasteiger partial charge in [0.2, 0.25) is 0 Å². The van der Waals surface area contributed by atoms with Crippen LogP contribution in [0.25, 0.3) is 11.4 Å². The van der Waals surface area contributed by atoms with Crippen LogP contribution in [0.15, 0.2) is 46.3 Å². The molecule has 4 saturated carbocycles. The molecule has 0 spiro atoms. The van der Waals surface area contributed by atoms with E-state index in [4.69, 9.17) is 9.40 Å². The van der Waals surface area contributed by atoms with Gasteiger partial charge in [-0.2, -0.15) is 0 Å². The molecule has 3 aromatic rings. The second-order valence-corrected chi connectivity index (χ2v) is 12.4. The lowest BCUT2D eigenvalue weighted by Crippen LogP contribution is -2.76. The molecule has 31 heavy (non-hydrogen) atoms. The molecule has 3 aromatic heterocycles. The van der Waals surface area contributed by atoms with Crippen molar-refractivity contribution >= 4 is 27.1 Å². The summed E-state index contributed by atoms with van der Waals surface area (Å²) < 4.78 is 28.9. The third-order valence-corrected chi connectivity index (χ3v) is 10.1. The SMILES string of the molecule is CS(=O)(=O)C1(c2ccc(C(=O)NC34CC(c5nc(-c6ccccn6)cs5)(C3)C4)o2)CC1. The molecular formula is C22H21N3O4S2. The first kappa shape index (κ1) is 19.2. The summed E-state index contributed by atoms with van der Waals surface area (Å²) >= 11 is 1.66. The van der Waals surface area contributed by atoms with Crippen molar-refractivity contribution in [1.82, 2.24) is 15.3 Å². The van der Waals surface area contributed by atoms with Gasteiger partial charge in [0.25, 0.3) is 5.91 Å². The molecule has 9 heteroatoms. The number of nitrogens with one attached hydrogen (secondary N) is 1. The predicted octanol–water partition coefficient (Wildman–Crippen LogP) is 3.44. The van der Waals surface area contributed by atoms with E-state index in [-0.39, 0.29) is 22.6 Å². The summed E-state index contributed by atoms with van der Waals surface area (Å²) in [5.74, 6) is 0.270. The molecule has 0 radical (unpaired) electrons. The smallest absolute Gasteiger partial charge is 0.287 e. The van der Waals surface area contributed by atoms with Gasteiger partial charge >= 0.3 is 0 Å². The van der Waals surface area contributed by atoms with Gasteiger partial charge in [-0.15, -0.1) is 11.3 Å². The van der Waals surface area contributed by atoms with E-state index in [1.165, 1.54) is 6.26 Å². The van der Waals surface area contributed by atoms with Crippen molar-refractivity contribution < 1.29 is 17.6 Å². The summed E-state index contributed by atoms with van der Waals surface area (Å²) in [6.07, 6.45) is 6.66. The highest BCUT2D eigenvalue weighted by Gasteiger charge is 2.70. The van der Waals surface area contributed by atoms with Crippen LogP contribution < -0.4 is 5.32 Å². The topological polar surface area (TPSA) is 102 Å². The molecule has 4 fully saturated rings. The van der Waals surface area contributed by atoms with Gasteiger partial charge < -0.3 is 9.73 Å². The Bertz CT molecular complexity index is 1290. The van der Waals surface area contributed by atoms with Gasteiger partial charge in [-0.1, -0.05) is 6.07 Å². The number of thiazole rings is 1.